The molecule has 0 aliphatic heterocycles. The second-order valence-corrected chi connectivity index (χ2v) is 11.7. The highest BCUT2D eigenvalue weighted by Crippen LogP contribution is 2.40. The number of rotatable bonds is 6. The first-order valence-corrected chi connectivity index (χ1v) is 12.2. The van der Waals surface area contributed by atoms with E-state index in [1.807, 2.05) is 32.9 Å². The summed E-state index contributed by atoms with van der Waals surface area (Å²) < 4.78 is 26.3. The van der Waals surface area contributed by atoms with E-state index in [9.17, 15) is 8.42 Å². The molecule has 2 N–H and O–H groups in total. The van der Waals surface area contributed by atoms with Crippen LogP contribution in [0.1, 0.15) is 45.2 Å². The smallest absolute Gasteiger partial charge is 0.178 e. The van der Waals surface area contributed by atoms with Crippen LogP contribution in [0.25, 0.3) is 11.4 Å². The number of sulfone groups is 1. The molecule has 1 aliphatic rings. The molecule has 2 aromatic heterocycles. The Kier molecular flexibility index (Phi) is 5.44. The largest absolute Gasteiger partial charge is 0.322 e. The molecule has 2 heterocycles. The predicted molar refractivity (Wildman–Crippen MR) is 121 cm³/mol. The van der Waals surface area contributed by atoms with Gasteiger partial charge >= 0.3 is 0 Å². The van der Waals surface area contributed by atoms with Gasteiger partial charge in [0.1, 0.15) is 5.82 Å². The number of halogens is 1. The van der Waals surface area contributed by atoms with Gasteiger partial charge in [-0.25, -0.2) is 18.4 Å². The summed E-state index contributed by atoms with van der Waals surface area (Å²) in [4.78, 5) is 9.23. The molecule has 0 amide bonds. The Balaban J connectivity index is 1.62. The van der Waals surface area contributed by atoms with Crippen molar-refractivity contribution in [1.82, 2.24) is 20.2 Å². The average Bonchev–Trinajstić information content (AvgIpc) is 3.41. The molecular weight excluding hydrogens is 466 g/mol. The summed E-state index contributed by atoms with van der Waals surface area (Å²) in [5.41, 5.74) is 1.43. The van der Waals surface area contributed by atoms with Gasteiger partial charge in [-0.15, -0.1) is 0 Å². The first-order valence-electron chi connectivity index (χ1n) is 9.79. The minimum absolute atomic E-state index is 0.0694. The second kappa shape index (κ2) is 7.77. The summed E-state index contributed by atoms with van der Waals surface area (Å²) >= 11 is 3.47. The molecule has 0 bridgehead atoms. The van der Waals surface area contributed by atoms with E-state index >= 15 is 0 Å². The zero-order valence-corrected chi connectivity index (χ0v) is 19.5. The van der Waals surface area contributed by atoms with E-state index in [0.29, 0.717) is 33.4 Å². The lowest BCUT2D eigenvalue weighted by Gasteiger charge is -2.18. The average molecular weight is 490 g/mol. The Hall–Kier alpha value is -2.26. The number of nitrogens with one attached hydrogen (secondary N) is 2. The van der Waals surface area contributed by atoms with Crippen LogP contribution in [-0.2, 0) is 9.84 Å². The van der Waals surface area contributed by atoms with Gasteiger partial charge in [0.05, 0.1) is 15.1 Å². The van der Waals surface area contributed by atoms with E-state index in [2.05, 4.69) is 41.4 Å². The Morgan fingerprint density at radius 1 is 1.23 bits per heavy atom. The van der Waals surface area contributed by atoms with Gasteiger partial charge < -0.3 is 5.32 Å². The molecule has 1 fully saturated rings. The van der Waals surface area contributed by atoms with Crippen LogP contribution in [0.4, 0.5) is 11.6 Å². The van der Waals surface area contributed by atoms with Crippen LogP contribution in [0.5, 0.6) is 0 Å². The fourth-order valence-electron chi connectivity index (χ4n) is 3.20. The highest BCUT2D eigenvalue weighted by molar-refractivity contribution is 9.10. The van der Waals surface area contributed by atoms with E-state index in [1.54, 1.807) is 24.4 Å². The van der Waals surface area contributed by atoms with Gasteiger partial charge in [-0.2, -0.15) is 5.10 Å². The van der Waals surface area contributed by atoms with Gasteiger partial charge in [-0.05, 0) is 46.3 Å². The highest BCUT2D eigenvalue weighted by Gasteiger charge is 2.26. The van der Waals surface area contributed by atoms with Crippen molar-refractivity contribution in [2.75, 3.05) is 11.1 Å². The van der Waals surface area contributed by atoms with Crippen molar-refractivity contribution in [3.8, 4) is 11.4 Å². The number of benzene rings is 1. The van der Waals surface area contributed by atoms with Gasteiger partial charge in [-0.1, -0.05) is 32.9 Å². The third-order valence-corrected chi connectivity index (χ3v) is 7.48. The number of H-pyrrole nitrogens is 1. The van der Waals surface area contributed by atoms with Gasteiger partial charge in [0.2, 0.25) is 0 Å². The van der Waals surface area contributed by atoms with Crippen LogP contribution in [0.15, 0.2) is 45.9 Å². The Morgan fingerprint density at radius 3 is 2.70 bits per heavy atom. The molecule has 0 radical (unpaired) electrons. The maximum absolute atomic E-state index is 12.8. The fraction of sp³-hybridized carbons (Fsp3) is 0.381. The van der Waals surface area contributed by atoms with E-state index < -0.39 is 9.84 Å². The van der Waals surface area contributed by atoms with E-state index in [1.165, 1.54) is 12.8 Å². The minimum Gasteiger partial charge on any atom is -0.322 e. The highest BCUT2D eigenvalue weighted by atomic mass is 79.9. The zero-order valence-electron chi connectivity index (χ0n) is 17.1. The second-order valence-electron chi connectivity index (χ2n) is 8.85. The lowest BCUT2D eigenvalue weighted by atomic mass is 10.0. The first-order chi connectivity index (χ1) is 14.1. The summed E-state index contributed by atoms with van der Waals surface area (Å²) in [6.07, 6.45) is 4.03. The van der Waals surface area contributed by atoms with Crippen LogP contribution in [0.3, 0.4) is 0 Å². The van der Waals surface area contributed by atoms with Crippen molar-refractivity contribution in [3.05, 3.63) is 46.7 Å². The van der Waals surface area contributed by atoms with Crippen LogP contribution in [0, 0.1) is 5.41 Å². The van der Waals surface area contributed by atoms with Crippen molar-refractivity contribution >= 4 is 37.4 Å². The number of aromatic amines is 1. The maximum atomic E-state index is 12.8. The summed E-state index contributed by atoms with van der Waals surface area (Å²) in [6, 6.07) is 8.77. The van der Waals surface area contributed by atoms with Gasteiger partial charge in [0.25, 0.3) is 0 Å². The van der Waals surface area contributed by atoms with Gasteiger partial charge in [-0.3, -0.25) is 5.10 Å². The standard InChI is InChI=1S/C21H24BrN5O2S/c1-21(2,3)12-30(28,29)15-6-4-5-14(9-15)19-23-11-16(22)20(25-19)24-18-10-17(26-27-18)13-7-8-13/h4-6,9-11,13H,7-8,12H2,1-3H3,(H2,23,24,25,26,27). The molecule has 9 heteroatoms. The van der Waals surface area contributed by atoms with E-state index in [4.69, 9.17) is 0 Å². The molecule has 3 aromatic rings. The molecular formula is C21H24BrN5O2S. The van der Waals surface area contributed by atoms with Crippen molar-refractivity contribution < 1.29 is 8.42 Å². The maximum Gasteiger partial charge on any atom is 0.178 e. The van der Waals surface area contributed by atoms with Gasteiger partial charge in [0.15, 0.2) is 21.5 Å². The zero-order chi connectivity index (χ0) is 21.5. The lowest BCUT2D eigenvalue weighted by Crippen LogP contribution is -2.20. The molecule has 7 nitrogen and oxygen atoms in total. The number of nitrogens with zero attached hydrogens (tertiary/aromatic N) is 3. The number of aromatic nitrogens is 4. The number of hydrogen-bond acceptors (Lipinski definition) is 6. The number of hydrogen-bond donors (Lipinski definition) is 2. The Morgan fingerprint density at radius 2 is 2.00 bits per heavy atom. The van der Waals surface area contributed by atoms with Crippen LogP contribution in [0.2, 0.25) is 0 Å². The fourth-order valence-corrected chi connectivity index (χ4v) is 5.39. The molecule has 158 valence electrons. The SMILES string of the molecule is CC(C)(C)CS(=O)(=O)c1cccc(-c2ncc(Br)c(Nc3cc(C4CC4)[nH]n3)n2)c1. The molecule has 1 saturated carbocycles. The normalized spacial score (nSPS) is 14.7. The summed E-state index contributed by atoms with van der Waals surface area (Å²) in [5, 5.41) is 10.6. The lowest BCUT2D eigenvalue weighted by molar-refractivity contribution is 0.462. The molecule has 0 saturated heterocycles. The van der Waals surface area contributed by atoms with Gasteiger partial charge in [0, 0.05) is 29.4 Å². The van der Waals surface area contributed by atoms with Crippen molar-refractivity contribution in [3.63, 3.8) is 0 Å². The quantitative estimate of drug-likeness (QED) is 0.501. The minimum atomic E-state index is -3.41. The van der Waals surface area contributed by atoms with Crippen LogP contribution in [-0.4, -0.2) is 34.3 Å². The van der Waals surface area contributed by atoms with Crippen LogP contribution < -0.4 is 5.32 Å². The molecule has 1 aromatic carbocycles. The molecule has 0 spiro atoms. The third kappa shape index (κ3) is 4.89. The summed E-state index contributed by atoms with van der Waals surface area (Å²) in [6.45, 7) is 5.73. The van der Waals surface area contributed by atoms with E-state index in [-0.39, 0.29) is 16.1 Å². The molecule has 0 unspecified atom stereocenters. The van der Waals surface area contributed by atoms with E-state index in [0.717, 1.165) is 5.69 Å². The molecule has 4 rings (SSSR count). The van der Waals surface area contributed by atoms with Crippen molar-refractivity contribution in [2.24, 2.45) is 5.41 Å². The number of anilines is 2. The van der Waals surface area contributed by atoms with Crippen molar-refractivity contribution in [2.45, 2.75) is 44.4 Å². The monoisotopic (exact) mass is 489 g/mol. The Bertz CT molecular complexity index is 1180. The van der Waals surface area contributed by atoms with Crippen LogP contribution >= 0.6 is 15.9 Å². The topological polar surface area (TPSA) is 101 Å². The third-order valence-electron chi connectivity index (χ3n) is 4.68. The molecule has 0 atom stereocenters. The summed E-state index contributed by atoms with van der Waals surface area (Å²) in [5.74, 6) is 2.34. The van der Waals surface area contributed by atoms with Crippen molar-refractivity contribution in [1.29, 1.82) is 0 Å². The summed E-state index contributed by atoms with van der Waals surface area (Å²) in [7, 11) is -3.41. The molecule has 30 heavy (non-hydrogen) atoms. The predicted octanol–water partition coefficient (Wildman–Crippen LogP) is 5.07. The Labute approximate surface area is 184 Å². The molecule has 1 aliphatic carbocycles. The first kappa shape index (κ1) is 21.0.